The lowest BCUT2D eigenvalue weighted by Gasteiger charge is -2.05. The molecular weight excluding hydrogens is 515 g/mol. The summed E-state index contributed by atoms with van der Waals surface area (Å²) in [6.45, 7) is 4.04. The smallest absolute Gasteiger partial charge is 0.0542 e. The molecule has 0 radical (unpaired) electrons. The molecule has 198 valence electrons. The third-order valence-corrected chi connectivity index (χ3v) is 9.95. The molecule has 6 aromatic rings. The van der Waals surface area contributed by atoms with Gasteiger partial charge in [0.2, 0.25) is 0 Å². The SMILES string of the molecule is CCCCCCCCOCCCc1ccc2c(c1)sc1c3ccc(C#Cc4ccc5cc[nH]c5c4)cc3sc21. The summed E-state index contributed by atoms with van der Waals surface area (Å²) in [6.07, 6.45) is 12.1. The summed E-state index contributed by atoms with van der Waals surface area (Å²) in [5.41, 5.74) is 4.64. The van der Waals surface area contributed by atoms with E-state index in [-0.39, 0.29) is 0 Å². The Hall–Kier alpha value is -3.10. The van der Waals surface area contributed by atoms with E-state index in [9.17, 15) is 0 Å². The Balaban J connectivity index is 1.09. The number of unbranched alkanes of at least 4 members (excludes halogenated alkanes) is 5. The lowest BCUT2D eigenvalue weighted by atomic mass is 10.1. The van der Waals surface area contributed by atoms with Crippen molar-refractivity contribution in [3.05, 3.63) is 83.6 Å². The van der Waals surface area contributed by atoms with Crippen LogP contribution >= 0.6 is 22.7 Å². The van der Waals surface area contributed by atoms with Crippen LogP contribution in [0.4, 0.5) is 0 Å². The molecule has 0 saturated heterocycles. The van der Waals surface area contributed by atoms with E-state index >= 15 is 0 Å². The Morgan fingerprint density at radius 3 is 2.23 bits per heavy atom. The van der Waals surface area contributed by atoms with Crippen LogP contribution < -0.4 is 0 Å². The zero-order valence-corrected chi connectivity index (χ0v) is 24.3. The van der Waals surface area contributed by atoms with Crippen molar-refractivity contribution in [1.82, 2.24) is 4.98 Å². The molecule has 2 nitrogen and oxygen atoms in total. The highest BCUT2D eigenvalue weighted by atomic mass is 32.1. The molecule has 0 atom stereocenters. The third kappa shape index (κ3) is 6.07. The number of nitrogens with one attached hydrogen (secondary N) is 1. The van der Waals surface area contributed by atoms with Gasteiger partial charge in [-0.15, -0.1) is 22.7 Å². The van der Waals surface area contributed by atoms with Crippen LogP contribution in [0.15, 0.2) is 66.9 Å². The van der Waals surface area contributed by atoms with Crippen LogP contribution in [-0.4, -0.2) is 18.2 Å². The van der Waals surface area contributed by atoms with Crippen LogP contribution in [0.25, 0.3) is 40.5 Å². The zero-order chi connectivity index (χ0) is 26.4. The molecule has 0 saturated carbocycles. The fraction of sp³-hybridized carbons (Fsp3) is 0.314. The second kappa shape index (κ2) is 12.4. The van der Waals surface area contributed by atoms with Crippen molar-refractivity contribution in [3.63, 3.8) is 0 Å². The molecule has 0 aliphatic heterocycles. The molecular formula is C35H35NOS2. The molecule has 0 aliphatic carbocycles. The summed E-state index contributed by atoms with van der Waals surface area (Å²) >= 11 is 3.82. The number of hydrogen-bond acceptors (Lipinski definition) is 3. The first-order valence-electron chi connectivity index (χ1n) is 14.3. The number of H-pyrrole nitrogens is 1. The van der Waals surface area contributed by atoms with Crippen LogP contribution in [0.5, 0.6) is 0 Å². The Morgan fingerprint density at radius 1 is 0.692 bits per heavy atom. The van der Waals surface area contributed by atoms with Gasteiger partial charge in [-0.1, -0.05) is 75.1 Å². The molecule has 0 unspecified atom stereocenters. The first-order valence-corrected chi connectivity index (χ1v) is 16.0. The molecule has 0 bridgehead atoms. The van der Waals surface area contributed by atoms with Gasteiger partial charge < -0.3 is 9.72 Å². The minimum atomic E-state index is 0.864. The van der Waals surface area contributed by atoms with Gasteiger partial charge in [0.25, 0.3) is 0 Å². The topological polar surface area (TPSA) is 25.0 Å². The largest absolute Gasteiger partial charge is 0.381 e. The predicted molar refractivity (Wildman–Crippen MR) is 172 cm³/mol. The number of rotatable bonds is 11. The normalized spacial score (nSPS) is 11.6. The van der Waals surface area contributed by atoms with Crippen molar-refractivity contribution in [2.24, 2.45) is 0 Å². The van der Waals surface area contributed by atoms with E-state index in [1.54, 1.807) is 0 Å². The maximum absolute atomic E-state index is 5.89. The maximum atomic E-state index is 5.89. The van der Waals surface area contributed by atoms with Gasteiger partial charge in [0.1, 0.15) is 0 Å². The average molecular weight is 550 g/mol. The molecule has 39 heavy (non-hydrogen) atoms. The number of aryl methyl sites for hydroxylation is 1. The first kappa shape index (κ1) is 26.1. The van der Waals surface area contributed by atoms with E-state index in [1.165, 1.54) is 79.0 Å². The van der Waals surface area contributed by atoms with Gasteiger partial charge in [-0.25, -0.2) is 0 Å². The molecule has 3 aromatic carbocycles. The highest BCUT2D eigenvalue weighted by molar-refractivity contribution is 7.36. The van der Waals surface area contributed by atoms with Gasteiger partial charge in [-0.3, -0.25) is 0 Å². The molecule has 1 N–H and O–H groups in total. The molecule has 0 fully saturated rings. The van der Waals surface area contributed by atoms with E-state index in [4.69, 9.17) is 4.74 Å². The highest BCUT2D eigenvalue weighted by Gasteiger charge is 2.13. The number of aromatic nitrogens is 1. The van der Waals surface area contributed by atoms with E-state index in [0.717, 1.165) is 42.7 Å². The number of ether oxygens (including phenoxy) is 1. The summed E-state index contributed by atoms with van der Waals surface area (Å²) < 4.78 is 11.4. The molecule has 4 heteroatoms. The second-order valence-electron chi connectivity index (χ2n) is 10.4. The van der Waals surface area contributed by atoms with Gasteiger partial charge in [0.05, 0.1) is 9.40 Å². The summed E-state index contributed by atoms with van der Waals surface area (Å²) in [6, 6.07) is 22.1. The predicted octanol–water partition coefficient (Wildman–Crippen LogP) is 10.5. The van der Waals surface area contributed by atoms with Crippen LogP contribution in [0.1, 0.15) is 68.6 Å². The Bertz CT molecular complexity index is 1770. The fourth-order valence-corrected chi connectivity index (χ4v) is 8.02. The molecule has 3 aromatic heterocycles. The number of thiophene rings is 2. The van der Waals surface area contributed by atoms with Crippen molar-refractivity contribution < 1.29 is 4.74 Å². The molecule has 3 heterocycles. The molecule has 6 rings (SSSR count). The average Bonchev–Trinajstić information content (AvgIpc) is 3.66. The van der Waals surface area contributed by atoms with E-state index in [0.29, 0.717) is 0 Å². The van der Waals surface area contributed by atoms with Gasteiger partial charge in [0.15, 0.2) is 0 Å². The van der Waals surface area contributed by atoms with Crippen LogP contribution in [0, 0.1) is 11.8 Å². The maximum Gasteiger partial charge on any atom is 0.0542 e. The minimum Gasteiger partial charge on any atom is -0.381 e. The monoisotopic (exact) mass is 549 g/mol. The number of hydrogen-bond donors (Lipinski definition) is 1. The Kier molecular flexibility index (Phi) is 8.30. The Morgan fingerprint density at radius 2 is 1.38 bits per heavy atom. The van der Waals surface area contributed by atoms with E-state index in [1.807, 2.05) is 28.9 Å². The van der Waals surface area contributed by atoms with Gasteiger partial charge >= 0.3 is 0 Å². The molecule has 0 spiro atoms. The number of aromatic amines is 1. The highest BCUT2D eigenvalue weighted by Crippen LogP contribution is 2.44. The molecule has 0 aliphatic rings. The quantitative estimate of drug-likeness (QED) is 0.126. The third-order valence-electron chi connectivity index (χ3n) is 7.45. The summed E-state index contributed by atoms with van der Waals surface area (Å²) in [4.78, 5) is 3.27. The lowest BCUT2D eigenvalue weighted by molar-refractivity contribution is 0.127. The Labute approximate surface area is 239 Å². The summed E-state index contributed by atoms with van der Waals surface area (Å²) in [5.74, 6) is 6.71. The summed E-state index contributed by atoms with van der Waals surface area (Å²) in [7, 11) is 0. The van der Waals surface area contributed by atoms with Crippen molar-refractivity contribution in [2.75, 3.05) is 13.2 Å². The van der Waals surface area contributed by atoms with Gasteiger partial charge in [0, 0.05) is 56.2 Å². The standard InChI is InChI=1S/C35H35NOS2/c1-2-3-4-5-6-7-20-37-21-8-9-25-13-16-29-32(23-25)38-35-30-17-14-27(24-33(30)39-34(29)35)11-10-26-12-15-28-18-19-36-31(28)22-26/h12-19,22-24,36H,2-9,20-21H2,1H3. The van der Waals surface area contributed by atoms with Crippen LogP contribution in [0.2, 0.25) is 0 Å². The second-order valence-corrected chi connectivity index (χ2v) is 12.5. The van der Waals surface area contributed by atoms with E-state index in [2.05, 4.69) is 84.4 Å². The minimum absolute atomic E-state index is 0.864. The lowest BCUT2D eigenvalue weighted by Crippen LogP contribution is -1.99. The van der Waals surface area contributed by atoms with Crippen molar-refractivity contribution in [3.8, 4) is 11.8 Å². The summed E-state index contributed by atoms with van der Waals surface area (Å²) in [5, 5.41) is 3.94. The van der Waals surface area contributed by atoms with Gasteiger partial charge in [-0.2, -0.15) is 0 Å². The zero-order valence-electron chi connectivity index (χ0n) is 22.6. The van der Waals surface area contributed by atoms with Crippen molar-refractivity contribution in [2.45, 2.75) is 58.3 Å². The van der Waals surface area contributed by atoms with E-state index < -0.39 is 0 Å². The van der Waals surface area contributed by atoms with Gasteiger partial charge in [-0.05, 0) is 66.6 Å². The molecule has 0 amide bonds. The first-order chi connectivity index (χ1) is 19.3. The van der Waals surface area contributed by atoms with Crippen molar-refractivity contribution in [1.29, 1.82) is 0 Å². The number of benzene rings is 3. The van der Waals surface area contributed by atoms with Crippen molar-refractivity contribution >= 4 is 63.1 Å². The number of fused-ring (bicyclic) bond motifs is 6. The fourth-order valence-electron chi connectivity index (χ4n) is 5.27. The van der Waals surface area contributed by atoms with Crippen LogP contribution in [0.3, 0.4) is 0 Å². The van der Waals surface area contributed by atoms with Crippen LogP contribution in [-0.2, 0) is 11.2 Å².